The van der Waals surface area contributed by atoms with Gasteiger partial charge in [-0.1, -0.05) is 13.8 Å². The number of methoxy groups -OCH3 is 1. The lowest BCUT2D eigenvalue weighted by Gasteiger charge is -2.06. The van der Waals surface area contributed by atoms with Crippen molar-refractivity contribution in [3.8, 4) is 5.69 Å². The summed E-state index contributed by atoms with van der Waals surface area (Å²) in [6.07, 6.45) is 0.921. The highest BCUT2D eigenvalue weighted by Crippen LogP contribution is 2.32. The summed E-state index contributed by atoms with van der Waals surface area (Å²) < 4.78 is 20.6. The van der Waals surface area contributed by atoms with Crippen LogP contribution in [0.3, 0.4) is 0 Å². The van der Waals surface area contributed by atoms with Crippen molar-refractivity contribution < 1.29 is 13.9 Å². The van der Waals surface area contributed by atoms with Gasteiger partial charge in [-0.05, 0) is 59.3 Å². The number of fused-ring (bicyclic) bond motifs is 1. The summed E-state index contributed by atoms with van der Waals surface area (Å²) in [5.74, 6) is -0.597. The molecule has 2 heterocycles. The van der Waals surface area contributed by atoms with Crippen molar-refractivity contribution in [2.24, 2.45) is 0 Å². The van der Waals surface area contributed by atoms with Gasteiger partial charge in [-0.15, -0.1) is 0 Å². The highest BCUT2D eigenvalue weighted by Gasteiger charge is 2.22. The van der Waals surface area contributed by atoms with Crippen LogP contribution in [0, 0.1) is 9.39 Å². The summed E-state index contributed by atoms with van der Waals surface area (Å²) in [6, 6.07) is 7.74. The Balaban J connectivity index is 2.33. The van der Waals surface area contributed by atoms with Gasteiger partial charge in [-0.25, -0.2) is 18.9 Å². The molecule has 0 N–H and O–H groups in total. The van der Waals surface area contributed by atoms with Crippen LogP contribution in [0.5, 0.6) is 0 Å². The second kappa shape index (κ2) is 7.07. The molecule has 3 aromatic rings. The van der Waals surface area contributed by atoms with E-state index in [0.717, 1.165) is 21.1 Å². The molecule has 1 atom stereocenters. The number of ether oxygens (including phenoxy) is 1. The fourth-order valence-electron chi connectivity index (χ4n) is 2.61. The van der Waals surface area contributed by atoms with E-state index < -0.39 is 5.97 Å². The molecule has 0 aliphatic heterocycles. The van der Waals surface area contributed by atoms with Gasteiger partial charge < -0.3 is 4.74 Å². The Morgan fingerprint density at radius 2 is 2.04 bits per heavy atom. The van der Waals surface area contributed by atoms with Crippen molar-refractivity contribution in [2.45, 2.75) is 26.2 Å². The van der Waals surface area contributed by atoms with E-state index in [1.54, 1.807) is 22.9 Å². The molecule has 0 bridgehead atoms. The van der Waals surface area contributed by atoms with Crippen LogP contribution in [0.1, 0.15) is 42.4 Å². The molecule has 0 spiro atoms. The molecule has 0 aliphatic carbocycles. The Hall–Kier alpha value is -2.03. The molecule has 3 rings (SSSR count). The largest absolute Gasteiger partial charge is 0.464 e. The highest BCUT2D eigenvalue weighted by atomic mass is 127. The maximum absolute atomic E-state index is 13.3. The lowest BCUT2D eigenvalue weighted by atomic mass is 10.0. The van der Waals surface area contributed by atoms with Gasteiger partial charge in [-0.3, -0.25) is 0 Å². The number of carbonyl (C=O) groups is 1. The van der Waals surface area contributed by atoms with Crippen LogP contribution in [0.4, 0.5) is 4.39 Å². The quantitative estimate of drug-likeness (QED) is 0.433. The number of hydrogen-bond donors (Lipinski definition) is 0. The molecule has 5 nitrogen and oxygen atoms in total. The summed E-state index contributed by atoms with van der Waals surface area (Å²) >= 11 is 2.19. The van der Waals surface area contributed by atoms with Crippen LogP contribution in [0.15, 0.2) is 30.3 Å². The molecule has 1 unspecified atom stereocenters. The van der Waals surface area contributed by atoms with E-state index in [9.17, 15) is 9.18 Å². The predicted molar refractivity (Wildman–Crippen MR) is 102 cm³/mol. The van der Waals surface area contributed by atoms with E-state index in [-0.39, 0.29) is 17.4 Å². The average molecular weight is 453 g/mol. The SMILES string of the molecule is CCC(C)c1nn(-c2ccc(F)cc2)c2nc(C(=O)OC)cc(I)c12. The number of rotatable bonds is 4. The summed E-state index contributed by atoms with van der Waals surface area (Å²) in [5, 5.41) is 5.63. The minimum absolute atomic E-state index is 0.221. The lowest BCUT2D eigenvalue weighted by Crippen LogP contribution is -2.06. The third-order valence-corrected chi connectivity index (χ3v) is 5.01. The van der Waals surface area contributed by atoms with E-state index in [2.05, 4.69) is 41.4 Å². The second-order valence-corrected chi connectivity index (χ2v) is 6.92. The maximum Gasteiger partial charge on any atom is 0.356 e. The molecule has 0 amide bonds. The number of nitrogens with zero attached hydrogens (tertiary/aromatic N) is 3. The molecule has 0 fully saturated rings. The lowest BCUT2D eigenvalue weighted by molar-refractivity contribution is 0.0594. The van der Waals surface area contributed by atoms with Crippen molar-refractivity contribution >= 4 is 39.6 Å². The van der Waals surface area contributed by atoms with Gasteiger partial charge in [0.05, 0.1) is 23.9 Å². The van der Waals surface area contributed by atoms with E-state index in [4.69, 9.17) is 9.84 Å². The third kappa shape index (κ3) is 3.24. The zero-order valence-corrected chi connectivity index (χ0v) is 16.2. The summed E-state index contributed by atoms with van der Waals surface area (Å²) in [7, 11) is 1.32. The fraction of sp³-hybridized carbons (Fsp3) is 0.278. The van der Waals surface area contributed by atoms with Crippen molar-refractivity contribution in [1.82, 2.24) is 14.8 Å². The van der Waals surface area contributed by atoms with Crippen LogP contribution < -0.4 is 0 Å². The molecule has 7 heteroatoms. The van der Waals surface area contributed by atoms with Crippen LogP contribution in [-0.4, -0.2) is 27.8 Å². The fourth-order valence-corrected chi connectivity index (χ4v) is 3.42. The van der Waals surface area contributed by atoms with Gasteiger partial charge in [0, 0.05) is 9.49 Å². The van der Waals surface area contributed by atoms with Gasteiger partial charge in [0.15, 0.2) is 11.3 Å². The highest BCUT2D eigenvalue weighted by molar-refractivity contribution is 14.1. The van der Waals surface area contributed by atoms with Crippen LogP contribution in [0.25, 0.3) is 16.7 Å². The third-order valence-electron chi connectivity index (χ3n) is 4.16. The zero-order chi connectivity index (χ0) is 18.1. The predicted octanol–water partition coefficient (Wildman–Crippen LogP) is 4.46. The van der Waals surface area contributed by atoms with E-state index >= 15 is 0 Å². The van der Waals surface area contributed by atoms with Gasteiger partial charge >= 0.3 is 5.97 Å². The maximum atomic E-state index is 13.3. The van der Waals surface area contributed by atoms with Crippen molar-refractivity contribution in [2.75, 3.05) is 7.11 Å². The van der Waals surface area contributed by atoms with Crippen LogP contribution >= 0.6 is 22.6 Å². The average Bonchev–Trinajstić information content (AvgIpc) is 3.01. The minimum Gasteiger partial charge on any atom is -0.464 e. The first-order valence-electron chi connectivity index (χ1n) is 7.89. The number of carbonyl (C=O) groups excluding carboxylic acids is 1. The second-order valence-electron chi connectivity index (χ2n) is 5.76. The van der Waals surface area contributed by atoms with Gasteiger partial charge in [0.25, 0.3) is 0 Å². The van der Waals surface area contributed by atoms with E-state index in [1.807, 2.05) is 0 Å². The van der Waals surface area contributed by atoms with Gasteiger partial charge in [0.2, 0.25) is 0 Å². The molecule has 130 valence electrons. The molecule has 0 saturated carbocycles. The van der Waals surface area contributed by atoms with Gasteiger partial charge in [0.1, 0.15) is 5.82 Å². The zero-order valence-electron chi connectivity index (χ0n) is 14.1. The number of benzene rings is 1. The van der Waals surface area contributed by atoms with Crippen LogP contribution in [-0.2, 0) is 4.74 Å². The standard InChI is InChI=1S/C18H17FIN3O2/c1-4-10(2)16-15-13(20)9-14(18(24)25-3)21-17(15)23(22-16)12-7-5-11(19)6-8-12/h5-10H,4H2,1-3H3. The number of esters is 1. The van der Waals surface area contributed by atoms with Crippen molar-refractivity contribution in [3.63, 3.8) is 0 Å². The van der Waals surface area contributed by atoms with Crippen molar-refractivity contribution in [1.29, 1.82) is 0 Å². The molecule has 1 aromatic carbocycles. The van der Waals surface area contributed by atoms with E-state index in [1.165, 1.54) is 19.2 Å². The first-order chi connectivity index (χ1) is 12.0. The van der Waals surface area contributed by atoms with E-state index in [0.29, 0.717) is 11.3 Å². The molecule has 25 heavy (non-hydrogen) atoms. The first kappa shape index (κ1) is 17.8. The molecule has 0 aliphatic rings. The number of hydrogen-bond acceptors (Lipinski definition) is 4. The summed E-state index contributed by atoms with van der Waals surface area (Å²) in [5.41, 5.74) is 2.38. The smallest absolute Gasteiger partial charge is 0.356 e. The monoisotopic (exact) mass is 453 g/mol. The number of halogens is 2. The summed E-state index contributed by atoms with van der Waals surface area (Å²) in [6.45, 7) is 4.19. The van der Waals surface area contributed by atoms with Crippen LogP contribution in [0.2, 0.25) is 0 Å². The Kier molecular flexibility index (Phi) is 5.03. The van der Waals surface area contributed by atoms with Gasteiger partial charge in [-0.2, -0.15) is 5.10 Å². The Morgan fingerprint density at radius 1 is 1.36 bits per heavy atom. The molecule has 2 aromatic heterocycles. The topological polar surface area (TPSA) is 57.0 Å². The molecular formula is C18H17FIN3O2. The number of aromatic nitrogens is 3. The first-order valence-corrected chi connectivity index (χ1v) is 8.97. The normalized spacial score (nSPS) is 12.4. The number of pyridine rings is 1. The summed E-state index contributed by atoms with van der Waals surface area (Å²) in [4.78, 5) is 16.4. The Labute approximate surface area is 158 Å². The Morgan fingerprint density at radius 3 is 2.64 bits per heavy atom. The molecule has 0 saturated heterocycles. The molecular weight excluding hydrogens is 436 g/mol. The van der Waals surface area contributed by atoms with Crippen molar-refractivity contribution in [3.05, 3.63) is 51.1 Å². The Bertz CT molecular complexity index is 938. The molecule has 0 radical (unpaired) electrons. The minimum atomic E-state index is -0.503.